The van der Waals surface area contributed by atoms with Crippen LogP contribution in [0.5, 0.6) is 0 Å². The Balaban J connectivity index is 2.69. The van der Waals surface area contributed by atoms with E-state index in [1.54, 1.807) is 0 Å². The van der Waals surface area contributed by atoms with Crippen LogP contribution < -0.4 is 0 Å². The zero-order valence-corrected chi connectivity index (χ0v) is 11.4. The third kappa shape index (κ3) is 1.34. The van der Waals surface area contributed by atoms with Crippen molar-refractivity contribution in [2.24, 2.45) is 7.05 Å². The second-order valence-electron chi connectivity index (χ2n) is 4.41. The van der Waals surface area contributed by atoms with Crippen LogP contribution in [0.2, 0.25) is 5.15 Å². The minimum Gasteiger partial charge on any atom is -0.316 e. The highest BCUT2D eigenvalue weighted by Gasteiger charge is 2.17. The van der Waals surface area contributed by atoms with Gasteiger partial charge in [0.1, 0.15) is 11.3 Å². The van der Waals surface area contributed by atoms with Crippen molar-refractivity contribution >= 4 is 33.5 Å². The predicted octanol–water partition coefficient (Wildman–Crippen LogP) is 2.49. The van der Waals surface area contributed by atoms with E-state index in [0.717, 1.165) is 39.1 Å². The monoisotopic (exact) mass is 261 g/mol. The smallest absolute Gasteiger partial charge is 0.161 e. The van der Waals surface area contributed by atoms with E-state index in [2.05, 4.69) is 20.2 Å². The number of fused-ring (bicyclic) bond motifs is 3. The second-order valence-corrected chi connectivity index (χ2v) is 4.77. The average Bonchev–Trinajstić information content (AvgIpc) is 2.60. The van der Waals surface area contributed by atoms with Gasteiger partial charge in [0.2, 0.25) is 0 Å². The number of hydrogen-bond donors (Lipinski definition) is 0. The third-order valence-electron chi connectivity index (χ3n) is 3.27. The molecule has 6 heteroatoms. The van der Waals surface area contributed by atoms with Crippen molar-refractivity contribution in [1.82, 2.24) is 24.7 Å². The number of imidazole rings is 1. The summed E-state index contributed by atoms with van der Waals surface area (Å²) in [6.45, 7) is 5.79. The lowest BCUT2D eigenvalue weighted by atomic mass is 10.1. The standard InChI is InChI=1S/C12H12ClN5/c1-5-9-8(6(2)16-17-11(9)13)10-12(14-5)18(4)7(3)15-10/h1-4H3. The average molecular weight is 262 g/mol. The molecule has 92 valence electrons. The van der Waals surface area contributed by atoms with Crippen LogP contribution in [0.15, 0.2) is 0 Å². The molecule has 0 aliphatic carbocycles. The summed E-state index contributed by atoms with van der Waals surface area (Å²) in [4.78, 5) is 9.13. The summed E-state index contributed by atoms with van der Waals surface area (Å²) in [6.07, 6.45) is 0. The molecule has 0 unspecified atom stereocenters. The molecule has 0 spiro atoms. The summed E-state index contributed by atoms with van der Waals surface area (Å²) < 4.78 is 1.97. The van der Waals surface area contributed by atoms with Crippen molar-refractivity contribution in [2.75, 3.05) is 0 Å². The third-order valence-corrected chi connectivity index (χ3v) is 3.53. The number of pyridine rings is 1. The minimum absolute atomic E-state index is 0.380. The molecule has 0 aliphatic rings. The highest BCUT2D eigenvalue weighted by atomic mass is 35.5. The first-order chi connectivity index (χ1) is 8.50. The number of rotatable bonds is 0. The van der Waals surface area contributed by atoms with E-state index in [4.69, 9.17) is 11.6 Å². The van der Waals surface area contributed by atoms with E-state index in [1.165, 1.54) is 0 Å². The van der Waals surface area contributed by atoms with Gasteiger partial charge >= 0.3 is 0 Å². The van der Waals surface area contributed by atoms with E-state index in [9.17, 15) is 0 Å². The quantitative estimate of drug-likeness (QED) is 0.624. The van der Waals surface area contributed by atoms with Gasteiger partial charge in [-0.15, -0.1) is 5.10 Å². The summed E-state index contributed by atoms with van der Waals surface area (Å²) in [5, 5.41) is 10.2. The number of nitrogens with zero attached hydrogens (tertiary/aromatic N) is 5. The largest absolute Gasteiger partial charge is 0.316 e. The van der Waals surface area contributed by atoms with Crippen molar-refractivity contribution in [2.45, 2.75) is 20.8 Å². The van der Waals surface area contributed by atoms with Gasteiger partial charge in [-0.3, -0.25) is 0 Å². The van der Waals surface area contributed by atoms with Gasteiger partial charge in [-0.2, -0.15) is 5.10 Å². The first kappa shape index (κ1) is 11.3. The predicted molar refractivity (Wildman–Crippen MR) is 70.8 cm³/mol. The van der Waals surface area contributed by atoms with E-state index < -0.39 is 0 Å². The molecule has 0 atom stereocenters. The molecule has 0 saturated heterocycles. The maximum atomic E-state index is 6.13. The molecule has 0 bridgehead atoms. The Morgan fingerprint density at radius 1 is 0.944 bits per heavy atom. The molecular weight excluding hydrogens is 250 g/mol. The Labute approximate surface area is 109 Å². The summed E-state index contributed by atoms with van der Waals surface area (Å²) in [7, 11) is 1.95. The molecular formula is C12H12ClN5. The molecule has 3 aromatic heterocycles. The van der Waals surface area contributed by atoms with Gasteiger partial charge in [0.25, 0.3) is 0 Å². The summed E-state index contributed by atoms with van der Waals surface area (Å²) in [5.41, 5.74) is 3.36. The van der Waals surface area contributed by atoms with E-state index in [-0.39, 0.29) is 0 Å². The normalized spacial score (nSPS) is 11.6. The van der Waals surface area contributed by atoms with Gasteiger partial charge in [-0.05, 0) is 20.8 Å². The SMILES string of the molecule is Cc1nc2c(nc(C)n2C)c2c(C)nnc(Cl)c12. The maximum absolute atomic E-state index is 6.13. The van der Waals surface area contributed by atoms with Crippen molar-refractivity contribution in [1.29, 1.82) is 0 Å². The van der Waals surface area contributed by atoms with Crippen LogP contribution in [0.4, 0.5) is 0 Å². The lowest BCUT2D eigenvalue weighted by Crippen LogP contribution is -1.98. The minimum atomic E-state index is 0.380. The van der Waals surface area contributed by atoms with Crippen LogP contribution in [0, 0.1) is 20.8 Å². The van der Waals surface area contributed by atoms with E-state index >= 15 is 0 Å². The van der Waals surface area contributed by atoms with Gasteiger partial charge in [-0.25, -0.2) is 9.97 Å². The van der Waals surface area contributed by atoms with Crippen LogP contribution in [0.1, 0.15) is 17.2 Å². The van der Waals surface area contributed by atoms with Crippen LogP contribution >= 0.6 is 11.6 Å². The molecule has 0 radical (unpaired) electrons. The molecule has 0 aromatic carbocycles. The molecule has 0 aliphatic heterocycles. The lowest BCUT2D eigenvalue weighted by Gasteiger charge is -2.06. The van der Waals surface area contributed by atoms with Gasteiger partial charge < -0.3 is 4.57 Å². The highest BCUT2D eigenvalue weighted by Crippen LogP contribution is 2.30. The molecule has 18 heavy (non-hydrogen) atoms. The molecule has 3 heterocycles. The summed E-state index contributed by atoms with van der Waals surface area (Å²) >= 11 is 6.13. The molecule has 0 N–H and O–H groups in total. The van der Waals surface area contributed by atoms with Gasteiger partial charge in [0.05, 0.1) is 11.4 Å². The van der Waals surface area contributed by atoms with Crippen LogP contribution in [-0.4, -0.2) is 24.7 Å². The van der Waals surface area contributed by atoms with Crippen molar-refractivity contribution < 1.29 is 0 Å². The second kappa shape index (κ2) is 3.62. The summed E-state index contributed by atoms with van der Waals surface area (Å²) in [6, 6.07) is 0. The molecule has 0 saturated carbocycles. The number of hydrogen-bond acceptors (Lipinski definition) is 4. The van der Waals surface area contributed by atoms with Crippen LogP contribution in [0.25, 0.3) is 21.9 Å². The molecule has 5 nitrogen and oxygen atoms in total. The first-order valence-electron chi connectivity index (χ1n) is 5.63. The zero-order valence-electron chi connectivity index (χ0n) is 10.6. The van der Waals surface area contributed by atoms with Crippen LogP contribution in [-0.2, 0) is 7.05 Å². The Morgan fingerprint density at radius 2 is 1.67 bits per heavy atom. The maximum Gasteiger partial charge on any atom is 0.161 e. The van der Waals surface area contributed by atoms with E-state index in [0.29, 0.717) is 5.15 Å². The first-order valence-corrected chi connectivity index (χ1v) is 6.00. The fourth-order valence-corrected chi connectivity index (χ4v) is 2.50. The molecule has 3 rings (SSSR count). The lowest BCUT2D eigenvalue weighted by molar-refractivity contribution is 0.872. The van der Waals surface area contributed by atoms with Gasteiger partial charge in [0.15, 0.2) is 10.8 Å². The fourth-order valence-electron chi connectivity index (χ4n) is 2.23. The van der Waals surface area contributed by atoms with Gasteiger partial charge in [0, 0.05) is 17.8 Å². The van der Waals surface area contributed by atoms with Crippen molar-refractivity contribution in [3.63, 3.8) is 0 Å². The molecule has 0 amide bonds. The van der Waals surface area contributed by atoms with Crippen molar-refractivity contribution in [3.8, 4) is 0 Å². The molecule has 0 fully saturated rings. The number of aromatic nitrogens is 5. The Bertz CT molecular complexity index is 790. The Kier molecular flexibility index (Phi) is 2.28. The summed E-state index contributed by atoms with van der Waals surface area (Å²) in [5.74, 6) is 0.914. The zero-order chi connectivity index (χ0) is 13.0. The van der Waals surface area contributed by atoms with Crippen molar-refractivity contribution in [3.05, 3.63) is 22.4 Å². The Hall–Kier alpha value is -1.75. The van der Waals surface area contributed by atoms with Gasteiger partial charge in [-0.1, -0.05) is 11.6 Å². The van der Waals surface area contributed by atoms with Crippen LogP contribution in [0.3, 0.4) is 0 Å². The number of halogens is 1. The highest BCUT2D eigenvalue weighted by molar-refractivity contribution is 6.35. The fraction of sp³-hybridized carbons (Fsp3) is 0.333. The molecule has 3 aromatic rings. The Morgan fingerprint density at radius 3 is 2.39 bits per heavy atom. The topological polar surface area (TPSA) is 56.5 Å². The number of aryl methyl sites for hydroxylation is 4. The van der Waals surface area contributed by atoms with E-state index in [1.807, 2.05) is 32.4 Å².